The average molecular weight is 147 g/mol. The van der Waals surface area contributed by atoms with Crippen molar-refractivity contribution >= 4 is 6.72 Å². The van der Waals surface area contributed by atoms with Crippen molar-refractivity contribution < 1.29 is 14.8 Å². The first-order valence-electron chi connectivity index (χ1n) is 2.53. The summed E-state index contributed by atoms with van der Waals surface area (Å²) in [7, 11) is 0. The predicted molar refractivity (Wildman–Crippen MR) is 35.2 cm³/mol. The van der Waals surface area contributed by atoms with E-state index in [-0.39, 0.29) is 0 Å². The van der Waals surface area contributed by atoms with Gasteiger partial charge >= 0.3 is 0 Å². The van der Waals surface area contributed by atoms with Crippen LogP contribution in [-0.4, -0.2) is 11.6 Å². The Bertz CT molecular complexity index is 137. The molecular formula is C4H11N4O2+. The van der Waals surface area contributed by atoms with Crippen molar-refractivity contribution in [1.29, 1.82) is 0 Å². The lowest BCUT2D eigenvalue weighted by atomic mass is 10.7. The number of allylic oxidation sites excluding steroid dienone is 1. The van der Waals surface area contributed by atoms with Gasteiger partial charge in [0, 0.05) is 6.72 Å². The van der Waals surface area contributed by atoms with E-state index in [1.54, 1.807) is 13.0 Å². The van der Waals surface area contributed by atoms with E-state index in [2.05, 4.69) is 21.7 Å². The van der Waals surface area contributed by atoms with Crippen molar-refractivity contribution in [2.75, 3.05) is 0 Å². The number of hydroxylamine groups is 2. The molecule has 0 bridgehead atoms. The van der Waals surface area contributed by atoms with Crippen LogP contribution in [0, 0.1) is 0 Å². The van der Waals surface area contributed by atoms with Crippen LogP contribution in [0.5, 0.6) is 0 Å². The molecule has 6 nitrogen and oxygen atoms in total. The Morgan fingerprint density at radius 3 is 2.60 bits per heavy atom. The molecule has 0 radical (unpaired) electrons. The fraction of sp³-hybridized carbons (Fsp3) is 0.250. The van der Waals surface area contributed by atoms with E-state index in [0.717, 1.165) is 0 Å². The molecule has 0 aliphatic carbocycles. The molecule has 0 heterocycles. The molecule has 0 aromatic rings. The highest BCUT2D eigenvalue weighted by atomic mass is 17.1. The third kappa shape index (κ3) is 2.55. The highest BCUT2D eigenvalue weighted by Gasteiger charge is 2.23. The molecular weight excluding hydrogens is 136 g/mol. The Kier molecular flexibility index (Phi) is 3.59. The van der Waals surface area contributed by atoms with Crippen LogP contribution in [0.1, 0.15) is 6.92 Å². The SMILES string of the molecule is C=NO[N+](N)(/C=C/C)ON. The van der Waals surface area contributed by atoms with Gasteiger partial charge in [-0.15, -0.1) is 4.94 Å². The highest BCUT2D eigenvalue weighted by Crippen LogP contribution is 1.99. The third-order valence-corrected chi connectivity index (χ3v) is 0.707. The van der Waals surface area contributed by atoms with Crippen LogP contribution in [0.25, 0.3) is 0 Å². The molecule has 0 aliphatic heterocycles. The molecule has 0 saturated heterocycles. The van der Waals surface area contributed by atoms with E-state index in [4.69, 9.17) is 11.7 Å². The number of oxime groups is 1. The Morgan fingerprint density at radius 2 is 2.30 bits per heavy atom. The molecule has 10 heavy (non-hydrogen) atoms. The van der Waals surface area contributed by atoms with Crippen LogP contribution in [0.4, 0.5) is 0 Å². The standard InChI is InChI=1S/C4H11N4O2/c1-3-4-8(5,9-6)10-7-2/h3-4H,2,5-6H2,1H3/q+1/b4-3+. The van der Waals surface area contributed by atoms with E-state index in [0.29, 0.717) is 0 Å². The number of quaternary nitrogens is 1. The predicted octanol–water partition coefficient (Wildman–Crippen LogP) is -0.437. The summed E-state index contributed by atoms with van der Waals surface area (Å²) >= 11 is 0. The van der Waals surface area contributed by atoms with Crippen LogP contribution in [0.3, 0.4) is 0 Å². The fourth-order valence-corrected chi connectivity index (χ4v) is 0.380. The Labute approximate surface area is 58.7 Å². The lowest BCUT2D eigenvalue weighted by molar-refractivity contribution is -1.23. The normalized spacial score (nSPS) is 16.7. The van der Waals surface area contributed by atoms with Crippen molar-refractivity contribution in [3.63, 3.8) is 0 Å². The summed E-state index contributed by atoms with van der Waals surface area (Å²) in [6.45, 7) is 4.77. The van der Waals surface area contributed by atoms with Gasteiger partial charge in [-0.2, -0.15) is 5.90 Å². The highest BCUT2D eigenvalue weighted by molar-refractivity contribution is 5.21. The summed E-state index contributed by atoms with van der Waals surface area (Å²) in [6.07, 6.45) is 2.94. The molecule has 0 spiro atoms. The number of nitrogens with zero attached hydrogens (tertiary/aromatic N) is 2. The summed E-state index contributed by atoms with van der Waals surface area (Å²) in [5, 5.41) is 3.04. The van der Waals surface area contributed by atoms with Crippen LogP contribution in [-0.2, 0) is 9.88 Å². The molecule has 0 aromatic heterocycles. The first-order chi connectivity index (χ1) is 4.68. The van der Waals surface area contributed by atoms with Gasteiger partial charge in [0.2, 0.25) is 0 Å². The number of rotatable bonds is 4. The maximum Gasteiger partial charge on any atom is 0.197 e. The third-order valence-electron chi connectivity index (χ3n) is 0.707. The monoisotopic (exact) mass is 147 g/mol. The number of nitrogens with two attached hydrogens (primary N) is 2. The van der Waals surface area contributed by atoms with E-state index in [1.165, 1.54) is 6.20 Å². The van der Waals surface area contributed by atoms with Gasteiger partial charge in [0.25, 0.3) is 0 Å². The van der Waals surface area contributed by atoms with Crippen LogP contribution >= 0.6 is 0 Å². The van der Waals surface area contributed by atoms with E-state index >= 15 is 0 Å². The number of hydrogen-bond acceptors (Lipinski definition) is 5. The zero-order valence-corrected chi connectivity index (χ0v) is 5.73. The van der Waals surface area contributed by atoms with E-state index < -0.39 is 4.92 Å². The molecule has 0 fully saturated rings. The molecule has 58 valence electrons. The summed E-state index contributed by atoms with van der Waals surface area (Å²) in [6, 6.07) is 0. The first kappa shape index (κ1) is 9.05. The second kappa shape index (κ2) is 3.96. The van der Waals surface area contributed by atoms with Crippen LogP contribution in [0.2, 0.25) is 0 Å². The fourth-order valence-electron chi connectivity index (χ4n) is 0.380. The summed E-state index contributed by atoms with van der Waals surface area (Å²) in [5.41, 5.74) is 0. The van der Waals surface area contributed by atoms with Crippen molar-refractivity contribution in [2.24, 2.45) is 16.9 Å². The quantitative estimate of drug-likeness (QED) is 0.244. The molecule has 1 unspecified atom stereocenters. The van der Waals surface area contributed by atoms with Crippen molar-refractivity contribution in [1.82, 2.24) is 0 Å². The number of hydrogen-bond donors (Lipinski definition) is 2. The molecule has 1 atom stereocenters. The maximum absolute atomic E-state index is 5.27. The van der Waals surface area contributed by atoms with Gasteiger partial charge in [-0.25, -0.2) is 0 Å². The Morgan fingerprint density at radius 1 is 1.70 bits per heavy atom. The molecule has 0 saturated carbocycles. The van der Waals surface area contributed by atoms with Crippen LogP contribution in [0.15, 0.2) is 17.4 Å². The second-order valence-corrected chi connectivity index (χ2v) is 1.44. The van der Waals surface area contributed by atoms with E-state index in [9.17, 15) is 0 Å². The minimum atomic E-state index is -0.875. The second-order valence-electron chi connectivity index (χ2n) is 1.44. The molecule has 0 rings (SSSR count). The minimum Gasteiger partial charge on any atom is -0.153 e. The lowest BCUT2D eigenvalue weighted by Gasteiger charge is -2.14. The zero-order valence-electron chi connectivity index (χ0n) is 5.73. The average Bonchev–Trinajstić information content (AvgIpc) is 1.89. The van der Waals surface area contributed by atoms with Crippen molar-refractivity contribution in [3.8, 4) is 0 Å². The molecule has 6 heteroatoms. The van der Waals surface area contributed by atoms with Gasteiger partial charge in [0.05, 0.1) is 0 Å². The van der Waals surface area contributed by atoms with Gasteiger partial charge in [0.1, 0.15) is 4.92 Å². The Hall–Kier alpha value is -0.950. The van der Waals surface area contributed by atoms with Crippen molar-refractivity contribution in [2.45, 2.75) is 6.92 Å². The first-order valence-corrected chi connectivity index (χ1v) is 2.53. The topological polar surface area (TPSA) is 82.9 Å². The minimum absolute atomic E-state index is 0.875. The summed E-state index contributed by atoms with van der Waals surface area (Å²) in [5.74, 6) is 10.0. The summed E-state index contributed by atoms with van der Waals surface area (Å²) in [4.78, 5) is 7.73. The smallest absolute Gasteiger partial charge is 0.153 e. The molecule has 4 N–H and O–H groups in total. The maximum atomic E-state index is 5.27. The Balaban J connectivity index is 4.06. The largest absolute Gasteiger partial charge is 0.197 e. The molecule has 0 aromatic carbocycles. The van der Waals surface area contributed by atoms with Gasteiger partial charge < -0.3 is 0 Å². The zero-order chi connectivity index (χ0) is 8.04. The van der Waals surface area contributed by atoms with Crippen LogP contribution < -0.4 is 11.7 Å². The molecule has 0 aliphatic rings. The van der Waals surface area contributed by atoms with Gasteiger partial charge in [-0.1, -0.05) is 5.84 Å². The van der Waals surface area contributed by atoms with Gasteiger partial charge in [-0.3, -0.25) is 0 Å². The van der Waals surface area contributed by atoms with E-state index in [1.807, 2.05) is 0 Å². The van der Waals surface area contributed by atoms with Crippen molar-refractivity contribution in [3.05, 3.63) is 12.3 Å². The lowest BCUT2D eigenvalue weighted by Crippen LogP contribution is -2.49. The van der Waals surface area contributed by atoms with Gasteiger partial charge in [0.15, 0.2) is 6.20 Å². The summed E-state index contributed by atoms with van der Waals surface area (Å²) < 4.78 is 0. The molecule has 0 amide bonds. The van der Waals surface area contributed by atoms with Gasteiger partial charge in [-0.05, 0) is 23.1 Å².